The normalized spacial score (nSPS) is 14.8. The van der Waals surface area contributed by atoms with Gasteiger partial charge in [0.05, 0.1) is 7.11 Å². The molecule has 1 aliphatic rings. The monoisotopic (exact) mass is 262 g/mol. The molecule has 0 radical (unpaired) electrons. The number of carbonyl (C=O) groups is 1. The molecule has 1 fully saturated rings. The molecule has 1 aliphatic carbocycles. The first kappa shape index (κ1) is 13.9. The Morgan fingerprint density at radius 1 is 1.37 bits per heavy atom. The summed E-state index contributed by atoms with van der Waals surface area (Å²) < 4.78 is 5.15. The van der Waals surface area contributed by atoms with Crippen LogP contribution >= 0.6 is 0 Å². The van der Waals surface area contributed by atoms with E-state index >= 15 is 0 Å². The highest BCUT2D eigenvalue weighted by molar-refractivity contribution is 5.95. The minimum absolute atomic E-state index is 0.208. The van der Waals surface area contributed by atoms with Gasteiger partial charge in [0.25, 0.3) is 0 Å². The molecule has 0 aromatic heterocycles. The molecular weight excluding hydrogens is 240 g/mol. The Hall–Kier alpha value is -1.55. The zero-order valence-corrected chi connectivity index (χ0v) is 11.5. The van der Waals surface area contributed by atoms with E-state index in [4.69, 9.17) is 10.5 Å². The van der Waals surface area contributed by atoms with Crippen LogP contribution in [0, 0.1) is 5.92 Å². The molecule has 0 atom stereocenters. The zero-order chi connectivity index (χ0) is 13.7. The van der Waals surface area contributed by atoms with E-state index in [9.17, 15) is 4.79 Å². The quantitative estimate of drug-likeness (QED) is 0.855. The molecule has 2 rings (SSSR count). The highest BCUT2D eigenvalue weighted by Crippen LogP contribution is 2.30. The van der Waals surface area contributed by atoms with Gasteiger partial charge in [0.2, 0.25) is 5.91 Å². The van der Waals surface area contributed by atoms with Crippen LogP contribution in [0.1, 0.15) is 25.7 Å². The number of anilines is 1. The van der Waals surface area contributed by atoms with E-state index in [1.54, 1.807) is 7.11 Å². The third-order valence-corrected chi connectivity index (χ3v) is 3.69. The standard InChI is InChI=1S/C15H22N2O2/c1-19-14-8-6-13(7-9-14)17(11-3-10-16)15(18)12-4-2-5-12/h6-9,12H,2-5,10-11,16H2,1H3. The van der Waals surface area contributed by atoms with Crippen molar-refractivity contribution < 1.29 is 9.53 Å². The first-order chi connectivity index (χ1) is 9.26. The number of nitrogens with zero attached hydrogens (tertiary/aromatic N) is 1. The summed E-state index contributed by atoms with van der Waals surface area (Å²) in [6.45, 7) is 1.29. The van der Waals surface area contributed by atoms with Crippen LogP contribution in [-0.2, 0) is 4.79 Å². The third kappa shape index (κ3) is 3.26. The molecule has 1 aromatic carbocycles. The van der Waals surface area contributed by atoms with Crippen LogP contribution in [0.25, 0.3) is 0 Å². The molecule has 0 bridgehead atoms. The molecule has 1 aromatic rings. The number of ether oxygens (including phenoxy) is 1. The average Bonchev–Trinajstić information content (AvgIpc) is 2.38. The fraction of sp³-hybridized carbons (Fsp3) is 0.533. The van der Waals surface area contributed by atoms with Crippen LogP contribution in [0.2, 0.25) is 0 Å². The molecule has 0 heterocycles. The van der Waals surface area contributed by atoms with Crippen molar-refractivity contribution in [2.45, 2.75) is 25.7 Å². The second-order valence-electron chi connectivity index (χ2n) is 4.96. The van der Waals surface area contributed by atoms with Gasteiger partial charge in [0.15, 0.2) is 0 Å². The van der Waals surface area contributed by atoms with E-state index in [2.05, 4.69) is 0 Å². The number of methoxy groups -OCH3 is 1. The van der Waals surface area contributed by atoms with Crippen molar-refractivity contribution in [2.75, 3.05) is 25.1 Å². The predicted octanol–water partition coefficient (Wildman–Crippen LogP) is 2.18. The van der Waals surface area contributed by atoms with Gasteiger partial charge < -0.3 is 15.4 Å². The van der Waals surface area contributed by atoms with Crippen LogP contribution in [-0.4, -0.2) is 26.1 Å². The number of amides is 1. The Labute approximate surface area is 114 Å². The molecule has 4 heteroatoms. The van der Waals surface area contributed by atoms with E-state index in [1.165, 1.54) is 6.42 Å². The lowest BCUT2D eigenvalue weighted by Gasteiger charge is -2.31. The maximum atomic E-state index is 12.4. The van der Waals surface area contributed by atoms with Crippen molar-refractivity contribution in [2.24, 2.45) is 11.7 Å². The van der Waals surface area contributed by atoms with Gasteiger partial charge in [-0.15, -0.1) is 0 Å². The van der Waals surface area contributed by atoms with Crippen molar-refractivity contribution >= 4 is 11.6 Å². The number of hydrogen-bond donors (Lipinski definition) is 1. The smallest absolute Gasteiger partial charge is 0.230 e. The van der Waals surface area contributed by atoms with Crippen molar-refractivity contribution in [3.05, 3.63) is 24.3 Å². The first-order valence-electron chi connectivity index (χ1n) is 6.91. The Bertz CT molecular complexity index is 413. The Kier molecular flexibility index (Phi) is 4.80. The van der Waals surface area contributed by atoms with Crippen LogP contribution < -0.4 is 15.4 Å². The Morgan fingerprint density at radius 2 is 2.05 bits per heavy atom. The molecule has 2 N–H and O–H groups in total. The van der Waals surface area contributed by atoms with Crippen molar-refractivity contribution in [1.82, 2.24) is 0 Å². The van der Waals surface area contributed by atoms with Crippen LogP contribution in [0.15, 0.2) is 24.3 Å². The summed E-state index contributed by atoms with van der Waals surface area (Å²) in [5, 5.41) is 0. The highest BCUT2D eigenvalue weighted by atomic mass is 16.5. The molecule has 1 amide bonds. The van der Waals surface area contributed by atoms with Gasteiger partial charge in [-0.2, -0.15) is 0 Å². The summed E-state index contributed by atoms with van der Waals surface area (Å²) in [6, 6.07) is 7.65. The lowest BCUT2D eigenvalue weighted by molar-refractivity contribution is -0.124. The first-order valence-corrected chi connectivity index (χ1v) is 6.91. The van der Waals surface area contributed by atoms with E-state index in [-0.39, 0.29) is 11.8 Å². The molecule has 0 spiro atoms. The van der Waals surface area contributed by atoms with Gasteiger partial charge in [-0.05, 0) is 50.1 Å². The van der Waals surface area contributed by atoms with Crippen LogP contribution in [0.5, 0.6) is 5.75 Å². The van der Waals surface area contributed by atoms with Crippen LogP contribution in [0.4, 0.5) is 5.69 Å². The van der Waals surface area contributed by atoms with Gasteiger partial charge in [-0.25, -0.2) is 0 Å². The number of hydrogen-bond acceptors (Lipinski definition) is 3. The molecule has 0 saturated heterocycles. The lowest BCUT2D eigenvalue weighted by Crippen LogP contribution is -2.40. The zero-order valence-electron chi connectivity index (χ0n) is 11.5. The summed E-state index contributed by atoms with van der Waals surface area (Å²) in [4.78, 5) is 14.3. The van der Waals surface area contributed by atoms with Crippen molar-refractivity contribution in [1.29, 1.82) is 0 Å². The fourth-order valence-corrected chi connectivity index (χ4v) is 2.25. The molecule has 19 heavy (non-hydrogen) atoms. The number of rotatable bonds is 6. The van der Waals surface area contributed by atoms with Gasteiger partial charge in [-0.3, -0.25) is 4.79 Å². The number of benzene rings is 1. The average molecular weight is 262 g/mol. The minimum atomic E-state index is 0.208. The second kappa shape index (κ2) is 6.57. The van der Waals surface area contributed by atoms with Gasteiger partial charge >= 0.3 is 0 Å². The van der Waals surface area contributed by atoms with Crippen molar-refractivity contribution in [3.63, 3.8) is 0 Å². The van der Waals surface area contributed by atoms with E-state index in [0.29, 0.717) is 13.1 Å². The SMILES string of the molecule is COc1ccc(N(CCCN)C(=O)C2CCC2)cc1. The molecule has 0 unspecified atom stereocenters. The molecule has 4 nitrogen and oxygen atoms in total. The predicted molar refractivity (Wildman–Crippen MR) is 76.4 cm³/mol. The maximum absolute atomic E-state index is 12.4. The summed E-state index contributed by atoms with van der Waals surface area (Å²) in [6.07, 6.45) is 4.04. The van der Waals surface area contributed by atoms with Crippen molar-refractivity contribution in [3.8, 4) is 5.75 Å². The topological polar surface area (TPSA) is 55.6 Å². The largest absolute Gasteiger partial charge is 0.497 e. The summed E-state index contributed by atoms with van der Waals surface area (Å²) in [5.41, 5.74) is 6.50. The summed E-state index contributed by atoms with van der Waals surface area (Å²) in [5.74, 6) is 1.25. The molecule has 104 valence electrons. The van der Waals surface area contributed by atoms with E-state index in [0.717, 1.165) is 30.7 Å². The second-order valence-corrected chi connectivity index (χ2v) is 4.96. The highest BCUT2D eigenvalue weighted by Gasteiger charge is 2.29. The minimum Gasteiger partial charge on any atom is -0.497 e. The third-order valence-electron chi connectivity index (χ3n) is 3.69. The van der Waals surface area contributed by atoms with E-state index in [1.807, 2.05) is 29.2 Å². The van der Waals surface area contributed by atoms with Gasteiger partial charge in [-0.1, -0.05) is 6.42 Å². The van der Waals surface area contributed by atoms with E-state index < -0.39 is 0 Å². The summed E-state index contributed by atoms with van der Waals surface area (Å²) in [7, 11) is 1.64. The maximum Gasteiger partial charge on any atom is 0.230 e. The molecule has 1 saturated carbocycles. The summed E-state index contributed by atoms with van der Waals surface area (Å²) >= 11 is 0. The van der Waals surface area contributed by atoms with Gasteiger partial charge in [0, 0.05) is 18.2 Å². The Balaban J connectivity index is 2.12. The number of carbonyl (C=O) groups excluding carboxylic acids is 1. The number of nitrogens with two attached hydrogens (primary N) is 1. The lowest BCUT2D eigenvalue weighted by atomic mass is 9.84. The van der Waals surface area contributed by atoms with Crippen LogP contribution in [0.3, 0.4) is 0 Å². The Morgan fingerprint density at radius 3 is 2.53 bits per heavy atom. The van der Waals surface area contributed by atoms with Gasteiger partial charge in [0.1, 0.15) is 5.75 Å². The molecular formula is C15H22N2O2. The molecule has 0 aliphatic heterocycles. The fourth-order valence-electron chi connectivity index (χ4n) is 2.25.